The summed E-state index contributed by atoms with van der Waals surface area (Å²) < 4.78 is 5.20. The molecule has 0 heterocycles. The van der Waals surface area contributed by atoms with E-state index in [-0.39, 0.29) is 0 Å². The monoisotopic (exact) mass is 215 g/mol. The number of hydroxylamine groups is 1. The zero-order valence-corrected chi connectivity index (χ0v) is 9.27. The molecular formula is C10H14ClNO2. The van der Waals surface area contributed by atoms with Crippen molar-refractivity contribution < 1.29 is 9.94 Å². The first-order valence-electron chi connectivity index (χ1n) is 4.31. The maximum absolute atomic E-state index is 8.64. The second-order valence-electron chi connectivity index (χ2n) is 3.16. The Balaban J connectivity index is 3.27. The molecule has 0 amide bonds. The molecule has 3 nitrogen and oxygen atoms in total. The summed E-state index contributed by atoms with van der Waals surface area (Å²) in [5, 5.41) is 9.28. The van der Waals surface area contributed by atoms with E-state index >= 15 is 0 Å². The van der Waals surface area contributed by atoms with Gasteiger partial charge in [0.1, 0.15) is 5.75 Å². The van der Waals surface area contributed by atoms with Crippen molar-refractivity contribution in [3.05, 3.63) is 27.8 Å². The molecule has 0 atom stereocenters. The Labute approximate surface area is 88.6 Å². The van der Waals surface area contributed by atoms with Crippen LogP contribution in [-0.2, 0) is 6.54 Å². The number of aryl methyl sites for hydroxylation is 1. The second kappa shape index (κ2) is 4.64. The minimum atomic E-state index is 0.389. The Morgan fingerprint density at radius 2 is 2.14 bits per heavy atom. The first-order chi connectivity index (χ1) is 6.61. The zero-order chi connectivity index (χ0) is 10.7. The van der Waals surface area contributed by atoms with Gasteiger partial charge in [-0.05, 0) is 30.5 Å². The lowest BCUT2D eigenvalue weighted by Gasteiger charge is -2.13. The summed E-state index contributed by atoms with van der Waals surface area (Å²) in [4.78, 5) is 0. The average molecular weight is 216 g/mol. The van der Waals surface area contributed by atoms with E-state index in [1.807, 2.05) is 19.9 Å². The molecule has 0 aliphatic carbocycles. The number of halogens is 1. The van der Waals surface area contributed by atoms with Crippen LogP contribution in [-0.4, -0.2) is 12.3 Å². The first kappa shape index (κ1) is 11.3. The van der Waals surface area contributed by atoms with Gasteiger partial charge in [-0.1, -0.05) is 17.7 Å². The zero-order valence-electron chi connectivity index (χ0n) is 8.52. The van der Waals surface area contributed by atoms with Crippen LogP contribution in [0.25, 0.3) is 0 Å². The third-order valence-corrected chi connectivity index (χ3v) is 2.70. The molecule has 2 N–H and O–H groups in total. The van der Waals surface area contributed by atoms with Gasteiger partial charge in [0, 0.05) is 6.54 Å². The van der Waals surface area contributed by atoms with Crippen LogP contribution in [0.1, 0.15) is 16.7 Å². The number of benzene rings is 1. The van der Waals surface area contributed by atoms with Gasteiger partial charge in [-0.3, -0.25) is 0 Å². The fraction of sp³-hybridized carbons (Fsp3) is 0.400. The normalized spacial score (nSPS) is 10.4. The van der Waals surface area contributed by atoms with Gasteiger partial charge in [-0.15, -0.1) is 0 Å². The SMILES string of the molecule is COc1c(C)c(CNO)cc(C)c1Cl. The lowest BCUT2D eigenvalue weighted by Crippen LogP contribution is -2.08. The summed E-state index contributed by atoms with van der Waals surface area (Å²) in [6.07, 6.45) is 0. The topological polar surface area (TPSA) is 41.5 Å². The summed E-state index contributed by atoms with van der Waals surface area (Å²) in [5.74, 6) is 0.678. The third-order valence-electron chi connectivity index (χ3n) is 2.23. The van der Waals surface area contributed by atoms with Crippen LogP contribution in [0.5, 0.6) is 5.75 Å². The molecule has 4 heteroatoms. The molecule has 0 fully saturated rings. The molecule has 0 spiro atoms. The summed E-state index contributed by atoms with van der Waals surface area (Å²) in [7, 11) is 1.59. The molecule has 14 heavy (non-hydrogen) atoms. The molecule has 0 saturated carbocycles. The van der Waals surface area contributed by atoms with E-state index in [0.717, 1.165) is 16.7 Å². The van der Waals surface area contributed by atoms with Gasteiger partial charge in [0.2, 0.25) is 0 Å². The quantitative estimate of drug-likeness (QED) is 0.762. The molecule has 0 aromatic heterocycles. The fourth-order valence-electron chi connectivity index (χ4n) is 1.43. The second-order valence-corrected chi connectivity index (χ2v) is 3.54. The van der Waals surface area contributed by atoms with E-state index in [0.29, 0.717) is 17.3 Å². The molecular weight excluding hydrogens is 202 g/mol. The van der Waals surface area contributed by atoms with Gasteiger partial charge in [-0.25, -0.2) is 5.48 Å². The molecule has 0 aliphatic heterocycles. The van der Waals surface area contributed by atoms with E-state index < -0.39 is 0 Å². The van der Waals surface area contributed by atoms with Crippen molar-refractivity contribution in [1.29, 1.82) is 0 Å². The van der Waals surface area contributed by atoms with E-state index in [9.17, 15) is 0 Å². The molecule has 0 bridgehead atoms. The van der Waals surface area contributed by atoms with Crippen LogP contribution >= 0.6 is 11.6 Å². The summed E-state index contributed by atoms with van der Waals surface area (Å²) in [6, 6.07) is 1.93. The molecule has 0 aliphatic rings. The van der Waals surface area contributed by atoms with Gasteiger partial charge in [0.05, 0.1) is 12.1 Å². The first-order valence-corrected chi connectivity index (χ1v) is 4.69. The number of ether oxygens (including phenoxy) is 1. The molecule has 1 rings (SSSR count). The summed E-state index contributed by atoms with van der Waals surface area (Å²) >= 11 is 6.06. The smallest absolute Gasteiger partial charge is 0.140 e. The highest BCUT2D eigenvalue weighted by molar-refractivity contribution is 6.33. The van der Waals surface area contributed by atoms with E-state index in [2.05, 4.69) is 5.48 Å². The highest BCUT2D eigenvalue weighted by Crippen LogP contribution is 2.33. The van der Waals surface area contributed by atoms with Gasteiger partial charge < -0.3 is 9.94 Å². The number of hydrogen-bond acceptors (Lipinski definition) is 3. The Hall–Kier alpha value is -0.770. The van der Waals surface area contributed by atoms with E-state index in [1.165, 1.54) is 0 Å². The van der Waals surface area contributed by atoms with Crippen LogP contribution < -0.4 is 10.2 Å². The van der Waals surface area contributed by atoms with Crippen LogP contribution in [0, 0.1) is 13.8 Å². The predicted molar refractivity (Wildman–Crippen MR) is 56.1 cm³/mol. The Morgan fingerprint density at radius 1 is 1.50 bits per heavy atom. The number of rotatable bonds is 3. The molecule has 0 saturated heterocycles. The molecule has 1 aromatic rings. The van der Waals surface area contributed by atoms with E-state index in [1.54, 1.807) is 7.11 Å². The maximum Gasteiger partial charge on any atom is 0.140 e. The largest absolute Gasteiger partial charge is 0.495 e. The van der Waals surface area contributed by atoms with Crippen LogP contribution in [0.4, 0.5) is 0 Å². The van der Waals surface area contributed by atoms with E-state index in [4.69, 9.17) is 21.5 Å². The van der Waals surface area contributed by atoms with Gasteiger partial charge in [-0.2, -0.15) is 0 Å². The summed E-state index contributed by atoms with van der Waals surface area (Å²) in [5.41, 5.74) is 4.99. The van der Waals surface area contributed by atoms with Crippen LogP contribution in [0.15, 0.2) is 6.07 Å². The van der Waals surface area contributed by atoms with Crippen molar-refractivity contribution in [2.24, 2.45) is 0 Å². The van der Waals surface area contributed by atoms with Crippen LogP contribution in [0.3, 0.4) is 0 Å². The molecule has 0 radical (unpaired) electrons. The van der Waals surface area contributed by atoms with Crippen molar-refractivity contribution in [2.45, 2.75) is 20.4 Å². The number of hydrogen-bond donors (Lipinski definition) is 2. The summed E-state index contributed by atoms with van der Waals surface area (Å²) in [6.45, 7) is 4.21. The Bertz CT molecular complexity index is 339. The molecule has 0 unspecified atom stereocenters. The Kier molecular flexibility index (Phi) is 3.75. The van der Waals surface area contributed by atoms with Crippen LogP contribution in [0.2, 0.25) is 5.02 Å². The third kappa shape index (κ3) is 2.00. The molecule has 1 aromatic carbocycles. The highest BCUT2D eigenvalue weighted by Gasteiger charge is 2.11. The van der Waals surface area contributed by atoms with Crippen molar-refractivity contribution in [3.8, 4) is 5.75 Å². The van der Waals surface area contributed by atoms with Crippen molar-refractivity contribution in [1.82, 2.24) is 5.48 Å². The minimum absolute atomic E-state index is 0.389. The average Bonchev–Trinajstić information content (AvgIpc) is 2.16. The predicted octanol–water partition coefficient (Wildman–Crippen LogP) is 2.44. The lowest BCUT2D eigenvalue weighted by molar-refractivity contribution is 0.161. The number of nitrogens with one attached hydrogen (secondary N) is 1. The minimum Gasteiger partial charge on any atom is -0.495 e. The van der Waals surface area contributed by atoms with Crippen molar-refractivity contribution >= 4 is 11.6 Å². The van der Waals surface area contributed by atoms with Gasteiger partial charge in [0.25, 0.3) is 0 Å². The Morgan fingerprint density at radius 3 is 2.64 bits per heavy atom. The van der Waals surface area contributed by atoms with Crippen molar-refractivity contribution in [3.63, 3.8) is 0 Å². The molecule has 78 valence electrons. The van der Waals surface area contributed by atoms with Gasteiger partial charge >= 0.3 is 0 Å². The standard InChI is InChI=1S/C10H14ClNO2/c1-6-4-8(5-12-13)7(2)10(14-3)9(6)11/h4,12-13H,5H2,1-3H3. The highest BCUT2D eigenvalue weighted by atomic mass is 35.5. The lowest BCUT2D eigenvalue weighted by atomic mass is 10.0. The van der Waals surface area contributed by atoms with Crippen molar-refractivity contribution in [2.75, 3.05) is 7.11 Å². The maximum atomic E-state index is 8.64. The number of methoxy groups -OCH3 is 1. The fourth-order valence-corrected chi connectivity index (χ4v) is 1.71. The van der Waals surface area contributed by atoms with Gasteiger partial charge in [0.15, 0.2) is 0 Å².